The number of hydrogen-bond acceptors (Lipinski definition) is 6. The van der Waals surface area contributed by atoms with Crippen LogP contribution in [-0.4, -0.2) is 54.0 Å². The topological polar surface area (TPSA) is 70.5 Å². The van der Waals surface area contributed by atoms with Crippen molar-refractivity contribution in [3.63, 3.8) is 0 Å². The van der Waals surface area contributed by atoms with Crippen LogP contribution in [0, 0.1) is 0 Å². The number of rotatable bonds is 7. The van der Waals surface area contributed by atoms with Crippen molar-refractivity contribution in [2.45, 2.75) is 19.1 Å². The molecule has 1 fully saturated rings. The molecule has 24 heavy (non-hydrogen) atoms. The predicted molar refractivity (Wildman–Crippen MR) is 92.9 cm³/mol. The van der Waals surface area contributed by atoms with E-state index in [1.807, 2.05) is 42.7 Å². The molecule has 1 aromatic heterocycles. The maximum absolute atomic E-state index is 10.1. The van der Waals surface area contributed by atoms with E-state index in [9.17, 15) is 5.11 Å². The Bertz CT molecular complexity index is 600. The van der Waals surface area contributed by atoms with Crippen molar-refractivity contribution < 1.29 is 9.84 Å². The predicted octanol–water partition coefficient (Wildman–Crippen LogP) is 1.01. The van der Waals surface area contributed by atoms with Crippen LogP contribution < -0.4 is 10.2 Å². The second-order valence-electron chi connectivity index (χ2n) is 5.97. The Labute approximate surface area is 142 Å². The summed E-state index contributed by atoms with van der Waals surface area (Å²) in [5, 5.41) is 13.3. The summed E-state index contributed by atoms with van der Waals surface area (Å²) in [7, 11) is 0. The second kappa shape index (κ2) is 8.73. The summed E-state index contributed by atoms with van der Waals surface area (Å²) in [6.07, 6.45) is 3.93. The van der Waals surface area contributed by atoms with Gasteiger partial charge in [0.2, 0.25) is 5.95 Å². The average molecular weight is 328 g/mol. The number of aromatic nitrogens is 2. The Morgan fingerprint density at radius 3 is 2.50 bits per heavy atom. The SMILES string of the molecule is OC(CNCc1cnc(N2CCOCC2)nc1)Cc1ccccc1. The highest BCUT2D eigenvalue weighted by Gasteiger charge is 2.13. The van der Waals surface area contributed by atoms with E-state index >= 15 is 0 Å². The molecule has 2 N–H and O–H groups in total. The van der Waals surface area contributed by atoms with Crippen LogP contribution in [0.5, 0.6) is 0 Å². The van der Waals surface area contributed by atoms with E-state index in [4.69, 9.17) is 4.74 Å². The molecule has 2 aromatic rings. The van der Waals surface area contributed by atoms with E-state index in [2.05, 4.69) is 20.2 Å². The highest BCUT2D eigenvalue weighted by Crippen LogP contribution is 2.09. The van der Waals surface area contributed by atoms with Crippen LogP contribution in [0.2, 0.25) is 0 Å². The summed E-state index contributed by atoms with van der Waals surface area (Å²) < 4.78 is 5.33. The molecular formula is C18H24N4O2. The monoisotopic (exact) mass is 328 g/mol. The van der Waals surface area contributed by atoms with E-state index in [1.165, 1.54) is 0 Å². The molecule has 128 valence electrons. The first-order chi connectivity index (χ1) is 11.8. The number of benzene rings is 1. The minimum Gasteiger partial charge on any atom is -0.391 e. The van der Waals surface area contributed by atoms with Crippen LogP contribution in [0.1, 0.15) is 11.1 Å². The summed E-state index contributed by atoms with van der Waals surface area (Å²) in [4.78, 5) is 11.0. The van der Waals surface area contributed by atoms with Crippen molar-refractivity contribution in [2.75, 3.05) is 37.7 Å². The van der Waals surface area contributed by atoms with Crippen LogP contribution in [0.25, 0.3) is 0 Å². The number of aliphatic hydroxyl groups excluding tert-OH is 1. The molecule has 2 heterocycles. The smallest absolute Gasteiger partial charge is 0.225 e. The van der Waals surface area contributed by atoms with Gasteiger partial charge in [0.05, 0.1) is 19.3 Å². The Kier molecular flexibility index (Phi) is 6.12. The summed E-state index contributed by atoms with van der Waals surface area (Å²) in [6, 6.07) is 10.0. The van der Waals surface area contributed by atoms with Crippen molar-refractivity contribution in [2.24, 2.45) is 0 Å². The van der Waals surface area contributed by atoms with Gasteiger partial charge in [-0.3, -0.25) is 0 Å². The molecule has 0 spiro atoms. The van der Waals surface area contributed by atoms with E-state index in [1.54, 1.807) is 0 Å². The number of nitrogens with zero attached hydrogens (tertiary/aromatic N) is 3. The lowest BCUT2D eigenvalue weighted by molar-refractivity contribution is 0.122. The first-order valence-electron chi connectivity index (χ1n) is 8.37. The van der Waals surface area contributed by atoms with Gasteiger partial charge in [0.1, 0.15) is 0 Å². The number of anilines is 1. The highest BCUT2D eigenvalue weighted by atomic mass is 16.5. The standard InChI is InChI=1S/C18H24N4O2/c23-17(10-15-4-2-1-3-5-15)14-19-11-16-12-20-18(21-13-16)22-6-8-24-9-7-22/h1-5,12-13,17,19,23H,6-11,14H2. The summed E-state index contributed by atoms with van der Waals surface area (Å²) in [5.74, 6) is 0.756. The molecule has 1 saturated heterocycles. The van der Waals surface area contributed by atoms with Gasteiger partial charge in [0.25, 0.3) is 0 Å². The maximum Gasteiger partial charge on any atom is 0.225 e. The quantitative estimate of drug-likeness (QED) is 0.790. The van der Waals surface area contributed by atoms with Gasteiger partial charge in [0.15, 0.2) is 0 Å². The fraction of sp³-hybridized carbons (Fsp3) is 0.444. The molecule has 1 aliphatic heterocycles. The second-order valence-corrected chi connectivity index (χ2v) is 5.97. The molecule has 0 aliphatic carbocycles. The Morgan fingerprint density at radius 1 is 1.08 bits per heavy atom. The molecule has 3 rings (SSSR count). The summed E-state index contributed by atoms with van der Waals surface area (Å²) in [6.45, 7) is 4.32. The van der Waals surface area contributed by atoms with Gasteiger partial charge in [-0.15, -0.1) is 0 Å². The average Bonchev–Trinajstić information content (AvgIpc) is 2.64. The van der Waals surface area contributed by atoms with Crippen molar-refractivity contribution in [3.8, 4) is 0 Å². The fourth-order valence-corrected chi connectivity index (χ4v) is 2.71. The van der Waals surface area contributed by atoms with Gasteiger partial charge in [-0.05, 0) is 12.0 Å². The Balaban J connectivity index is 1.41. The number of ether oxygens (including phenoxy) is 1. The zero-order chi connectivity index (χ0) is 16.6. The summed E-state index contributed by atoms with van der Waals surface area (Å²) in [5.41, 5.74) is 2.16. The third-order valence-electron chi connectivity index (χ3n) is 4.01. The van der Waals surface area contributed by atoms with Crippen molar-refractivity contribution in [1.82, 2.24) is 15.3 Å². The zero-order valence-electron chi connectivity index (χ0n) is 13.8. The molecule has 0 amide bonds. The van der Waals surface area contributed by atoms with Crippen molar-refractivity contribution in [3.05, 3.63) is 53.9 Å². The normalized spacial score (nSPS) is 16.1. The molecule has 1 unspecified atom stereocenters. The minimum absolute atomic E-state index is 0.402. The molecular weight excluding hydrogens is 304 g/mol. The van der Waals surface area contributed by atoms with Crippen LogP contribution >= 0.6 is 0 Å². The molecule has 0 radical (unpaired) electrons. The number of aliphatic hydroxyl groups is 1. The largest absolute Gasteiger partial charge is 0.391 e. The molecule has 0 bridgehead atoms. The molecule has 1 atom stereocenters. The lowest BCUT2D eigenvalue weighted by Gasteiger charge is -2.26. The van der Waals surface area contributed by atoms with E-state index in [0.717, 1.165) is 43.4 Å². The molecule has 6 heteroatoms. The maximum atomic E-state index is 10.1. The minimum atomic E-state index is -0.402. The summed E-state index contributed by atoms with van der Waals surface area (Å²) >= 11 is 0. The van der Waals surface area contributed by atoms with Gasteiger partial charge >= 0.3 is 0 Å². The van der Waals surface area contributed by atoms with E-state index < -0.39 is 6.10 Å². The Morgan fingerprint density at radius 2 is 1.79 bits per heavy atom. The highest BCUT2D eigenvalue weighted by molar-refractivity contribution is 5.30. The Hall–Kier alpha value is -2.02. The number of hydrogen-bond donors (Lipinski definition) is 2. The molecule has 6 nitrogen and oxygen atoms in total. The van der Waals surface area contributed by atoms with E-state index in [-0.39, 0.29) is 0 Å². The van der Waals surface area contributed by atoms with Crippen LogP contribution in [0.4, 0.5) is 5.95 Å². The van der Waals surface area contributed by atoms with Gasteiger partial charge in [-0.1, -0.05) is 30.3 Å². The van der Waals surface area contributed by atoms with Gasteiger partial charge in [-0.2, -0.15) is 0 Å². The van der Waals surface area contributed by atoms with Crippen LogP contribution in [0.3, 0.4) is 0 Å². The van der Waals surface area contributed by atoms with Crippen molar-refractivity contribution >= 4 is 5.95 Å². The lowest BCUT2D eigenvalue weighted by Crippen LogP contribution is -2.37. The first-order valence-corrected chi connectivity index (χ1v) is 8.37. The molecule has 1 aliphatic rings. The van der Waals surface area contributed by atoms with Gasteiger partial charge in [0, 0.05) is 44.1 Å². The third kappa shape index (κ3) is 4.99. The van der Waals surface area contributed by atoms with Gasteiger partial charge < -0.3 is 20.1 Å². The zero-order valence-corrected chi connectivity index (χ0v) is 13.8. The molecule has 1 aromatic carbocycles. The number of nitrogens with one attached hydrogen (secondary N) is 1. The van der Waals surface area contributed by atoms with Crippen LogP contribution in [-0.2, 0) is 17.7 Å². The first kappa shape index (κ1) is 16.8. The van der Waals surface area contributed by atoms with Crippen LogP contribution in [0.15, 0.2) is 42.7 Å². The van der Waals surface area contributed by atoms with Crippen molar-refractivity contribution in [1.29, 1.82) is 0 Å². The molecule has 0 saturated carbocycles. The van der Waals surface area contributed by atoms with E-state index in [0.29, 0.717) is 19.5 Å². The van der Waals surface area contributed by atoms with Gasteiger partial charge in [-0.25, -0.2) is 9.97 Å². The fourth-order valence-electron chi connectivity index (χ4n) is 2.71. The lowest BCUT2D eigenvalue weighted by atomic mass is 10.1. The third-order valence-corrected chi connectivity index (χ3v) is 4.01. The number of morpholine rings is 1.